The number of rotatable bonds is 6. The van der Waals surface area contributed by atoms with Crippen molar-refractivity contribution in [2.45, 2.75) is 39.7 Å². The maximum atomic E-state index is 4.53. The molecule has 0 radical (unpaired) electrons. The fourth-order valence-electron chi connectivity index (χ4n) is 3.24. The van der Waals surface area contributed by atoms with Gasteiger partial charge in [0.25, 0.3) is 0 Å². The quantitative estimate of drug-likeness (QED) is 0.882. The van der Waals surface area contributed by atoms with Gasteiger partial charge in [0, 0.05) is 31.4 Å². The summed E-state index contributed by atoms with van der Waals surface area (Å²) in [4.78, 5) is 16.0. The van der Waals surface area contributed by atoms with Crippen molar-refractivity contribution in [2.75, 3.05) is 25.0 Å². The summed E-state index contributed by atoms with van der Waals surface area (Å²) >= 11 is 0. The van der Waals surface area contributed by atoms with Gasteiger partial charge in [0.1, 0.15) is 11.6 Å². The van der Waals surface area contributed by atoms with Gasteiger partial charge in [0.15, 0.2) is 0 Å². The second-order valence-corrected chi connectivity index (χ2v) is 6.69. The topological polar surface area (TPSA) is 53.9 Å². The van der Waals surface area contributed by atoms with Crippen molar-refractivity contribution in [3.8, 4) is 11.4 Å². The molecule has 0 bridgehead atoms. The van der Waals surface area contributed by atoms with Crippen molar-refractivity contribution < 1.29 is 0 Å². The van der Waals surface area contributed by atoms with Gasteiger partial charge in [-0.3, -0.25) is 4.98 Å². The van der Waals surface area contributed by atoms with Crippen molar-refractivity contribution in [2.24, 2.45) is 5.92 Å². The van der Waals surface area contributed by atoms with Crippen LogP contribution in [0.2, 0.25) is 0 Å². The highest BCUT2D eigenvalue weighted by atomic mass is 15.2. The molecule has 1 saturated heterocycles. The standard InChI is InChI=1S/C19H27N5/c1-4-14(2)24-10-8-16(13-24)12-21-19-11-18(22-15(3)23-19)17-7-5-6-9-20-17/h5-7,9,11,14,16H,4,8,10,12-13H2,1-3H3,(H,21,22,23). The summed E-state index contributed by atoms with van der Waals surface area (Å²) < 4.78 is 0. The maximum absolute atomic E-state index is 4.53. The molecular formula is C19H27N5. The SMILES string of the molecule is CCC(C)N1CCC(CNc2cc(-c3ccccn3)nc(C)n2)C1. The summed E-state index contributed by atoms with van der Waals surface area (Å²) in [5.41, 5.74) is 1.76. The van der Waals surface area contributed by atoms with Gasteiger partial charge in [-0.15, -0.1) is 0 Å². The summed E-state index contributed by atoms with van der Waals surface area (Å²) in [5, 5.41) is 3.51. The lowest BCUT2D eigenvalue weighted by atomic mass is 10.1. The van der Waals surface area contributed by atoms with Crippen LogP contribution in [0.4, 0.5) is 5.82 Å². The van der Waals surface area contributed by atoms with Crippen LogP contribution in [0.1, 0.15) is 32.5 Å². The zero-order chi connectivity index (χ0) is 16.9. The second-order valence-electron chi connectivity index (χ2n) is 6.69. The van der Waals surface area contributed by atoms with E-state index in [4.69, 9.17) is 0 Å². The van der Waals surface area contributed by atoms with E-state index < -0.39 is 0 Å². The summed E-state index contributed by atoms with van der Waals surface area (Å²) in [5.74, 6) is 2.35. The van der Waals surface area contributed by atoms with E-state index in [0.29, 0.717) is 12.0 Å². The first-order valence-electron chi connectivity index (χ1n) is 8.90. The highest BCUT2D eigenvalue weighted by Gasteiger charge is 2.25. The van der Waals surface area contributed by atoms with Crippen LogP contribution < -0.4 is 5.32 Å². The van der Waals surface area contributed by atoms with Gasteiger partial charge < -0.3 is 10.2 Å². The van der Waals surface area contributed by atoms with E-state index in [-0.39, 0.29) is 0 Å². The van der Waals surface area contributed by atoms with Crippen LogP contribution in [0.3, 0.4) is 0 Å². The van der Waals surface area contributed by atoms with Crippen LogP contribution in [0, 0.1) is 12.8 Å². The number of hydrogen-bond donors (Lipinski definition) is 1. The summed E-state index contributed by atoms with van der Waals surface area (Å²) in [6.45, 7) is 9.87. The third-order valence-corrected chi connectivity index (χ3v) is 4.87. The third kappa shape index (κ3) is 4.09. The van der Waals surface area contributed by atoms with Gasteiger partial charge in [-0.1, -0.05) is 13.0 Å². The molecule has 0 aromatic carbocycles. The molecule has 1 aliphatic heterocycles. The van der Waals surface area contributed by atoms with Crippen LogP contribution >= 0.6 is 0 Å². The minimum Gasteiger partial charge on any atom is -0.370 e. The molecule has 24 heavy (non-hydrogen) atoms. The van der Waals surface area contributed by atoms with Gasteiger partial charge in [0.2, 0.25) is 0 Å². The van der Waals surface area contributed by atoms with E-state index in [1.165, 1.54) is 25.9 Å². The molecule has 5 heteroatoms. The largest absolute Gasteiger partial charge is 0.370 e. The predicted octanol–water partition coefficient (Wildman–Crippen LogP) is 3.38. The predicted molar refractivity (Wildman–Crippen MR) is 97.9 cm³/mol. The molecule has 1 N–H and O–H groups in total. The Labute approximate surface area is 144 Å². The van der Waals surface area contributed by atoms with E-state index in [9.17, 15) is 0 Å². The van der Waals surface area contributed by atoms with Crippen LogP contribution in [0.15, 0.2) is 30.5 Å². The van der Waals surface area contributed by atoms with Crippen molar-refractivity contribution in [1.82, 2.24) is 19.9 Å². The maximum Gasteiger partial charge on any atom is 0.130 e. The summed E-state index contributed by atoms with van der Waals surface area (Å²) in [6.07, 6.45) is 4.27. The van der Waals surface area contributed by atoms with Gasteiger partial charge in [-0.2, -0.15) is 0 Å². The molecule has 3 rings (SSSR count). The third-order valence-electron chi connectivity index (χ3n) is 4.87. The van der Waals surface area contributed by atoms with E-state index in [1.807, 2.05) is 31.2 Å². The Bertz CT molecular complexity index is 658. The second kappa shape index (κ2) is 7.71. The lowest BCUT2D eigenvalue weighted by molar-refractivity contribution is 0.245. The summed E-state index contributed by atoms with van der Waals surface area (Å²) in [7, 11) is 0. The molecule has 2 unspecified atom stereocenters. The molecule has 3 heterocycles. The first-order chi connectivity index (χ1) is 11.7. The monoisotopic (exact) mass is 325 g/mol. The zero-order valence-corrected chi connectivity index (χ0v) is 14.9. The first kappa shape index (κ1) is 16.8. The molecule has 1 fully saturated rings. The summed E-state index contributed by atoms with van der Waals surface area (Å²) in [6, 6.07) is 8.56. The number of hydrogen-bond acceptors (Lipinski definition) is 5. The minimum atomic E-state index is 0.687. The normalized spacial score (nSPS) is 19.4. The lowest BCUT2D eigenvalue weighted by Gasteiger charge is -2.23. The number of pyridine rings is 1. The van der Waals surface area contributed by atoms with Crippen molar-refractivity contribution in [1.29, 1.82) is 0 Å². The van der Waals surface area contributed by atoms with Gasteiger partial charge in [-0.25, -0.2) is 9.97 Å². The lowest BCUT2D eigenvalue weighted by Crippen LogP contribution is -2.31. The Morgan fingerprint density at radius 1 is 1.29 bits per heavy atom. The molecule has 2 atom stereocenters. The average Bonchev–Trinajstić information content (AvgIpc) is 3.08. The smallest absolute Gasteiger partial charge is 0.130 e. The van der Waals surface area contributed by atoms with Crippen LogP contribution in [0.5, 0.6) is 0 Å². The van der Waals surface area contributed by atoms with Crippen LogP contribution in [0.25, 0.3) is 11.4 Å². The number of nitrogens with zero attached hydrogens (tertiary/aromatic N) is 4. The van der Waals surface area contributed by atoms with Crippen LogP contribution in [-0.4, -0.2) is 45.5 Å². The van der Waals surface area contributed by atoms with Gasteiger partial charge in [0.05, 0.1) is 11.4 Å². The Hall–Kier alpha value is -2.01. The molecule has 0 spiro atoms. The molecular weight excluding hydrogens is 298 g/mol. The molecule has 5 nitrogen and oxygen atoms in total. The molecule has 2 aromatic heterocycles. The highest BCUT2D eigenvalue weighted by molar-refractivity contribution is 5.58. The Kier molecular flexibility index (Phi) is 5.41. The fraction of sp³-hybridized carbons (Fsp3) is 0.526. The Morgan fingerprint density at radius 3 is 2.92 bits per heavy atom. The van der Waals surface area contributed by atoms with E-state index >= 15 is 0 Å². The molecule has 2 aromatic rings. The van der Waals surface area contributed by atoms with E-state index in [0.717, 1.165) is 29.6 Å². The average molecular weight is 325 g/mol. The number of anilines is 1. The molecule has 0 aliphatic carbocycles. The van der Waals surface area contributed by atoms with Gasteiger partial charge >= 0.3 is 0 Å². The molecule has 0 saturated carbocycles. The first-order valence-corrected chi connectivity index (χ1v) is 8.90. The van der Waals surface area contributed by atoms with E-state index in [1.54, 1.807) is 6.20 Å². The Morgan fingerprint density at radius 2 is 2.17 bits per heavy atom. The van der Waals surface area contributed by atoms with Crippen molar-refractivity contribution in [3.05, 3.63) is 36.3 Å². The minimum absolute atomic E-state index is 0.687. The zero-order valence-electron chi connectivity index (χ0n) is 14.9. The van der Waals surface area contributed by atoms with Crippen molar-refractivity contribution >= 4 is 5.82 Å². The molecule has 0 amide bonds. The van der Waals surface area contributed by atoms with Gasteiger partial charge in [-0.05, 0) is 51.3 Å². The number of aryl methyl sites for hydroxylation is 1. The number of aromatic nitrogens is 3. The number of likely N-dealkylation sites (tertiary alicyclic amines) is 1. The van der Waals surface area contributed by atoms with Crippen molar-refractivity contribution in [3.63, 3.8) is 0 Å². The Balaban J connectivity index is 1.63. The van der Waals surface area contributed by atoms with Crippen LogP contribution in [-0.2, 0) is 0 Å². The number of nitrogens with one attached hydrogen (secondary N) is 1. The highest BCUT2D eigenvalue weighted by Crippen LogP contribution is 2.21. The fourth-order valence-corrected chi connectivity index (χ4v) is 3.24. The molecule has 1 aliphatic rings. The molecule has 128 valence electrons. The van der Waals surface area contributed by atoms with E-state index in [2.05, 4.69) is 39.0 Å².